The van der Waals surface area contributed by atoms with Crippen LogP contribution in [-0.2, 0) is 19.6 Å². The van der Waals surface area contributed by atoms with Crippen LogP contribution in [0.1, 0.15) is 46.0 Å². The van der Waals surface area contributed by atoms with Gasteiger partial charge < -0.3 is 15.0 Å². The summed E-state index contributed by atoms with van der Waals surface area (Å²) in [7, 11) is -3.63. The summed E-state index contributed by atoms with van der Waals surface area (Å²) in [6.07, 6.45) is 4.62. The van der Waals surface area contributed by atoms with Crippen molar-refractivity contribution in [3.63, 3.8) is 0 Å². The summed E-state index contributed by atoms with van der Waals surface area (Å²) in [6.45, 7) is 7.53. The Labute approximate surface area is 202 Å². The largest absolute Gasteiger partial charge is 0.489 e. The highest BCUT2D eigenvalue weighted by molar-refractivity contribution is 7.89. The van der Waals surface area contributed by atoms with Crippen molar-refractivity contribution >= 4 is 27.5 Å². The van der Waals surface area contributed by atoms with Crippen molar-refractivity contribution in [2.45, 2.75) is 57.0 Å². The number of carbonyl (C=O) groups is 2. The van der Waals surface area contributed by atoms with Gasteiger partial charge in [-0.1, -0.05) is 6.42 Å². The molecule has 2 aliphatic heterocycles. The quantitative estimate of drug-likeness (QED) is 0.597. The van der Waals surface area contributed by atoms with Crippen LogP contribution in [0.15, 0.2) is 23.1 Å². The van der Waals surface area contributed by atoms with Crippen LogP contribution in [-0.4, -0.2) is 86.3 Å². The Morgan fingerprint density at radius 2 is 1.71 bits per heavy atom. The highest BCUT2D eigenvalue weighted by Gasteiger charge is 2.35. The number of piperidine rings is 1. The highest BCUT2D eigenvalue weighted by Crippen LogP contribution is 2.32. The van der Waals surface area contributed by atoms with E-state index in [1.165, 1.54) is 10.4 Å². The fourth-order valence-corrected chi connectivity index (χ4v) is 6.03. The van der Waals surface area contributed by atoms with Gasteiger partial charge in [0.1, 0.15) is 5.75 Å². The third-order valence-electron chi connectivity index (χ3n) is 6.52. The summed E-state index contributed by atoms with van der Waals surface area (Å²) in [4.78, 5) is 29.2. The van der Waals surface area contributed by atoms with E-state index in [-0.39, 0.29) is 35.3 Å². The smallest absolute Gasteiger partial charge is 0.243 e. The van der Waals surface area contributed by atoms with Crippen LogP contribution in [0.4, 0.5) is 5.69 Å². The molecule has 0 bridgehead atoms. The molecular weight excluding hydrogens is 456 g/mol. The predicted molar refractivity (Wildman–Crippen MR) is 129 cm³/mol. The van der Waals surface area contributed by atoms with Gasteiger partial charge in [-0.15, -0.1) is 0 Å². The standard InChI is InChI=1S/C24H36N4O5S/c1-18(2)33-22-9-8-20(34(31,32)28-10-4-3-5-11-28)16-21(22)25-23(29)17-26-12-14-27(15-13-26)24(30)19-6-7-19/h8-9,16,18-19H,3-7,10-15,17H2,1-2H3,(H,25,29). The van der Waals surface area contributed by atoms with Crippen molar-refractivity contribution in [2.75, 3.05) is 51.1 Å². The Kier molecular flexibility index (Phi) is 7.79. The molecule has 0 atom stereocenters. The molecule has 4 rings (SSSR count). The number of piperazine rings is 1. The number of sulfonamides is 1. The molecule has 9 nitrogen and oxygen atoms in total. The number of anilines is 1. The molecule has 10 heteroatoms. The lowest BCUT2D eigenvalue weighted by Crippen LogP contribution is -2.50. The molecule has 188 valence electrons. The molecule has 1 aliphatic carbocycles. The summed E-state index contributed by atoms with van der Waals surface area (Å²) >= 11 is 0. The molecule has 0 unspecified atom stereocenters. The molecule has 2 amide bonds. The molecular formula is C24H36N4O5S. The summed E-state index contributed by atoms with van der Waals surface area (Å²) in [5.41, 5.74) is 0.360. The predicted octanol–water partition coefficient (Wildman–Crippen LogP) is 2.14. The van der Waals surface area contributed by atoms with Gasteiger partial charge in [-0.25, -0.2) is 8.42 Å². The fraction of sp³-hybridized carbons (Fsp3) is 0.667. The number of nitrogens with zero attached hydrogens (tertiary/aromatic N) is 3. The van der Waals surface area contributed by atoms with Gasteiger partial charge >= 0.3 is 0 Å². The Balaban J connectivity index is 1.42. The number of amides is 2. The van der Waals surface area contributed by atoms with Gasteiger partial charge in [0.15, 0.2) is 0 Å². The van der Waals surface area contributed by atoms with Crippen molar-refractivity contribution in [1.29, 1.82) is 0 Å². The third kappa shape index (κ3) is 6.09. The molecule has 0 radical (unpaired) electrons. The molecule has 0 spiro atoms. The maximum absolute atomic E-state index is 13.1. The van der Waals surface area contributed by atoms with Crippen molar-refractivity contribution in [3.8, 4) is 5.75 Å². The monoisotopic (exact) mass is 492 g/mol. The fourth-order valence-electron chi connectivity index (χ4n) is 4.49. The molecule has 1 aromatic carbocycles. The Morgan fingerprint density at radius 3 is 2.32 bits per heavy atom. The summed E-state index contributed by atoms with van der Waals surface area (Å²) in [5.74, 6) is 0.665. The molecule has 3 fully saturated rings. The van der Waals surface area contributed by atoms with E-state index >= 15 is 0 Å². The molecule has 3 aliphatic rings. The van der Waals surface area contributed by atoms with E-state index in [1.807, 2.05) is 23.6 Å². The van der Waals surface area contributed by atoms with E-state index in [2.05, 4.69) is 5.32 Å². The average Bonchev–Trinajstić information content (AvgIpc) is 3.66. The van der Waals surface area contributed by atoms with E-state index in [1.54, 1.807) is 12.1 Å². The molecule has 2 heterocycles. The maximum atomic E-state index is 13.1. The van der Waals surface area contributed by atoms with Gasteiger partial charge in [-0.05, 0) is 57.7 Å². The van der Waals surface area contributed by atoms with Crippen molar-refractivity contribution < 1.29 is 22.7 Å². The summed E-state index contributed by atoms with van der Waals surface area (Å²) in [6, 6.07) is 4.67. The van der Waals surface area contributed by atoms with Gasteiger partial charge in [0, 0.05) is 45.2 Å². The zero-order chi connectivity index (χ0) is 24.3. The summed E-state index contributed by atoms with van der Waals surface area (Å²) < 4.78 is 33.6. The van der Waals surface area contributed by atoms with Gasteiger partial charge in [0.2, 0.25) is 21.8 Å². The van der Waals surface area contributed by atoms with Gasteiger partial charge in [-0.3, -0.25) is 14.5 Å². The zero-order valence-electron chi connectivity index (χ0n) is 20.2. The van der Waals surface area contributed by atoms with E-state index in [9.17, 15) is 18.0 Å². The number of carbonyl (C=O) groups excluding carboxylic acids is 2. The number of nitrogens with one attached hydrogen (secondary N) is 1. The van der Waals surface area contributed by atoms with Crippen LogP contribution in [0.3, 0.4) is 0 Å². The minimum atomic E-state index is -3.63. The Morgan fingerprint density at radius 1 is 1.03 bits per heavy atom. The molecule has 1 saturated carbocycles. The second-order valence-corrected chi connectivity index (χ2v) is 11.7. The molecule has 34 heavy (non-hydrogen) atoms. The SMILES string of the molecule is CC(C)Oc1ccc(S(=O)(=O)N2CCCCC2)cc1NC(=O)CN1CCN(C(=O)C2CC2)CC1. The Bertz CT molecular complexity index is 995. The minimum Gasteiger partial charge on any atom is -0.489 e. The van der Waals surface area contributed by atoms with E-state index in [4.69, 9.17) is 4.74 Å². The first kappa shape index (κ1) is 24.9. The van der Waals surface area contributed by atoms with Crippen molar-refractivity contribution in [1.82, 2.24) is 14.1 Å². The van der Waals surface area contributed by atoms with Gasteiger partial charge in [-0.2, -0.15) is 4.31 Å². The lowest BCUT2D eigenvalue weighted by molar-refractivity contribution is -0.134. The van der Waals surface area contributed by atoms with Crippen LogP contribution in [0.5, 0.6) is 5.75 Å². The Hall–Kier alpha value is -2.17. The van der Waals surface area contributed by atoms with Gasteiger partial charge in [0.25, 0.3) is 0 Å². The number of benzene rings is 1. The van der Waals surface area contributed by atoms with E-state index < -0.39 is 10.0 Å². The van der Waals surface area contributed by atoms with Crippen LogP contribution in [0.25, 0.3) is 0 Å². The van der Waals surface area contributed by atoms with Crippen molar-refractivity contribution in [2.24, 2.45) is 5.92 Å². The molecule has 2 saturated heterocycles. The first-order valence-electron chi connectivity index (χ1n) is 12.4. The van der Waals surface area contributed by atoms with Crippen LogP contribution >= 0.6 is 0 Å². The topological polar surface area (TPSA) is 99.3 Å². The lowest BCUT2D eigenvalue weighted by atomic mass is 10.2. The molecule has 1 aromatic rings. The first-order valence-corrected chi connectivity index (χ1v) is 13.8. The van der Waals surface area contributed by atoms with E-state index in [0.717, 1.165) is 32.1 Å². The van der Waals surface area contributed by atoms with Crippen LogP contribution < -0.4 is 10.1 Å². The number of rotatable bonds is 8. The number of hydrogen-bond acceptors (Lipinski definition) is 6. The molecule has 1 N–H and O–H groups in total. The second-order valence-electron chi connectivity index (χ2n) is 9.71. The lowest BCUT2D eigenvalue weighted by Gasteiger charge is -2.34. The first-order chi connectivity index (χ1) is 16.2. The normalized spacial score (nSPS) is 20.4. The summed E-state index contributed by atoms with van der Waals surface area (Å²) in [5, 5.41) is 2.87. The molecule has 0 aromatic heterocycles. The zero-order valence-corrected chi connectivity index (χ0v) is 21.0. The third-order valence-corrected chi connectivity index (χ3v) is 8.41. The number of ether oxygens (including phenoxy) is 1. The number of hydrogen-bond donors (Lipinski definition) is 1. The van der Waals surface area contributed by atoms with Crippen LogP contribution in [0, 0.1) is 5.92 Å². The second kappa shape index (κ2) is 10.6. The average molecular weight is 493 g/mol. The highest BCUT2D eigenvalue weighted by atomic mass is 32.2. The van der Waals surface area contributed by atoms with E-state index in [0.29, 0.717) is 50.7 Å². The minimum absolute atomic E-state index is 0.128. The maximum Gasteiger partial charge on any atom is 0.243 e. The van der Waals surface area contributed by atoms with Crippen molar-refractivity contribution in [3.05, 3.63) is 18.2 Å². The van der Waals surface area contributed by atoms with Gasteiger partial charge in [0.05, 0.1) is 23.2 Å². The van der Waals surface area contributed by atoms with Crippen LogP contribution in [0.2, 0.25) is 0 Å².